The van der Waals surface area contributed by atoms with Crippen molar-refractivity contribution in [2.24, 2.45) is 11.0 Å². The Balaban J connectivity index is 1.35. The SMILES string of the molecule is COc1cc(C=NNC(=O)C(NC(=O)c2ccc3c(c2)OCO3)C(C)C)ccc1OCc1ccc(Br)cc1. The van der Waals surface area contributed by atoms with Gasteiger partial charge < -0.3 is 24.3 Å². The van der Waals surface area contributed by atoms with Crippen LogP contribution in [0.4, 0.5) is 0 Å². The molecule has 1 unspecified atom stereocenters. The molecule has 3 aromatic rings. The van der Waals surface area contributed by atoms with Crippen molar-refractivity contribution in [3.8, 4) is 23.0 Å². The van der Waals surface area contributed by atoms with E-state index in [0.29, 0.717) is 40.7 Å². The number of hydrogen-bond donors (Lipinski definition) is 2. The van der Waals surface area contributed by atoms with Crippen LogP contribution in [0.25, 0.3) is 0 Å². The maximum absolute atomic E-state index is 12.8. The van der Waals surface area contributed by atoms with Gasteiger partial charge in [-0.1, -0.05) is 41.9 Å². The monoisotopic (exact) mass is 581 g/mol. The van der Waals surface area contributed by atoms with E-state index in [9.17, 15) is 9.59 Å². The van der Waals surface area contributed by atoms with Crippen molar-refractivity contribution in [2.75, 3.05) is 13.9 Å². The van der Waals surface area contributed by atoms with E-state index in [1.165, 1.54) is 6.21 Å². The first-order valence-corrected chi connectivity index (χ1v) is 12.7. The third kappa shape index (κ3) is 6.83. The Morgan fingerprint density at radius 3 is 2.53 bits per heavy atom. The molecule has 4 rings (SSSR count). The molecule has 0 radical (unpaired) electrons. The molecule has 9 nitrogen and oxygen atoms in total. The second kappa shape index (κ2) is 12.5. The van der Waals surface area contributed by atoms with Crippen molar-refractivity contribution >= 4 is 34.0 Å². The van der Waals surface area contributed by atoms with Gasteiger partial charge in [0, 0.05) is 10.0 Å². The summed E-state index contributed by atoms with van der Waals surface area (Å²) in [5.74, 6) is 1.18. The number of hydrogen-bond acceptors (Lipinski definition) is 7. The predicted molar refractivity (Wildman–Crippen MR) is 146 cm³/mol. The Morgan fingerprint density at radius 1 is 1.03 bits per heavy atom. The van der Waals surface area contributed by atoms with E-state index in [4.69, 9.17) is 18.9 Å². The van der Waals surface area contributed by atoms with Gasteiger partial charge in [0.25, 0.3) is 11.8 Å². The molecule has 2 N–H and O–H groups in total. The van der Waals surface area contributed by atoms with Gasteiger partial charge >= 0.3 is 0 Å². The molecule has 0 fully saturated rings. The van der Waals surface area contributed by atoms with E-state index in [2.05, 4.69) is 31.8 Å². The molecule has 2 amide bonds. The lowest BCUT2D eigenvalue weighted by Gasteiger charge is -2.20. The third-order valence-corrected chi connectivity index (χ3v) is 6.28. The van der Waals surface area contributed by atoms with Crippen LogP contribution in [0.1, 0.15) is 35.3 Å². The molecule has 0 aliphatic carbocycles. The van der Waals surface area contributed by atoms with Gasteiger partial charge in [-0.2, -0.15) is 5.10 Å². The van der Waals surface area contributed by atoms with Crippen LogP contribution >= 0.6 is 15.9 Å². The molecule has 1 aliphatic heterocycles. The minimum Gasteiger partial charge on any atom is -0.493 e. The number of carbonyl (C=O) groups excluding carboxylic acids is 2. The number of amides is 2. The van der Waals surface area contributed by atoms with E-state index >= 15 is 0 Å². The van der Waals surface area contributed by atoms with Crippen LogP contribution in [0.2, 0.25) is 0 Å². The van der Waals surface area contributed by atoms with E-state index in [1.807, 2.05) is 38.1 Å². The summed E-state index contributed by atoms with van der Waals surface area (Å²) in [5.41, 5.74) is 4.60. The molecular formula is C28H28BrN3O6. The molecule has 38 heavy (non-hydrogen) atoms. The molecule has 198 valence electrons. The van der Waals surface area contributed by atoms with Crippen molar-refractivity contribution in [2.45, 2.75) is 26.5 Å². The highest BCUT2D eigenvalue weighted by Gasteiger charge is 2.25. The average Bonchev–Trinajstić information content (AvgIpc) is 3.39. The number of fused-ring (bicyclic) bond motifs is 1. The van der Waals surface area contributed by atoms with E-state index in [0.717, 1.165) is 10.0 Å². The van der Waals surface area contributed by atoms with Crippen LogP contribution < -0.4 is 29.7 Å². The Morgan fingerprint density at radius 2 is 1.79 bits per heavy atom. The van der Waals surface area contributed by atoms with Gasteiger partial charge in [0.1, 0.15) is 12.6 Å². The molecule has 0 spiro atoms. The highest BCUT2D eigenvalue weighted by molar-refractivity contribution is 9.10. The lowest BCUT2D eigenvalue weighted by atomic mass is 10.0. The Kier molecular flexibility index (Phi) is 8.85. The Bertz CT molecular complexity index is 1330. The van der Waals surface area contributed by atoms with E-state index in [1.54, 1.807) is 43.5 Å². The fourth-order valence-electron chi connectivity index (χ4n) is 3.66. The molecule has 0 saturated carbocycles. The zero-order valence-electron chi connectivity index (χ0n) is 21.2. The molecule has 3 aromatic carbocycles. The van der Waals surface area contributed by atoms with Gasteiger partial charge in [-0.15, -0.1) is 0 Å². The number of hydrazone groups is 1. The first-order chi connectivity index (χ1) is 18.3. The highest BCUT2D eigenvalue weighted by Crippen LogP contribution is 2.32. The second-order valence-electron chi connectivity index (χ2n) is 8.82. The number of methoxy groups -OCH3 is 1. The van der Waals surface area contributed by atoms with Crippen molar-refractivity contribution < 1.29 is 28.5 Å². The lowest BCUT2D eigenvalue weighted by molar-refractivity contribution is -0.123. The number of nitrogens with zero attached hydrogens (tertiary/aromatic N) is 1. The van der Waals surface area contributed by atoms with Crippen LogP contribution in [0.5, 0.6) is 23.0 Å². The van der Waals surface area contributed by atoms with Crippen molar-refractivity contribution in [1.82, 2.24) is 10.7 Å². The summed E-state index contributed by atoms with van der Waals surface area (Å²) in [4.78, 5) is 25.6. The number of benzene rings is 3. The highest BCUT2D eigenvalue weighted by atomic mass is 79.9. The fourth-order valence-corrected chi connectivity index (χ4v) is 3.93. The topological polar surface area (TPSA) is 107 Å². The first kappa shape index (κ1) is 27.0. The summed E-state index contributed by atoms with van der Waals surface area (Å²) >= 11 is 3.42. The largest absolute Gasteiger partial charge is 0.493 e. The van der Waals surface area contributed by atoms with Crippen LogP contribution in [0.3, 0.4) is 0 Å². The zero-order valence-corrected chi connectivity index (χ0v) is 22.8. The van der Waals surface area contributed by atoms with Gasteiger partial charge in [-0.05, 0) is 65.6 Å². The standard InChI is InChI=1S/C28H28BrN3O6/c1-17(2)26(31-27(33)20-7-11-23-25(13-20)38-16-37-23)28(34)32-30-14-19-6-10-22(24(12-19)35-3)36-15-18-4-8-21(29)9-5-18/h4-14,17,26H,15-16H2,1-3H3,(H,31,33)(H,32,34). The number of nitrogens with one attached hydrogen (secondary N) is 2. The maximum Gasteiger partial charge on any atom is 0.262 e. The summed E-state index contributed by atoms with van der Waals surface area (Å²) in [6.07, 6.45) is 1.50. The quantitative estimate of drug-likeness (QED) is 0.266. The van der Waals surface area contributed by atoms with E-state index < -0.39 is 17.9 Å². The normalized spacial score (nSPS) is 12.9. The smallest absolute Gasteiger partial charge is 0.262 e. The summed E-state index contributed by atoms with van der Waals surface area (Å²) < 4.78 is 23.0. The van der Waals surface area contributed by atoms with Gasteiger partial charge in [0.2, 0.25) is 6.79 Å². The lowest BCUT2D eigenvalue weighted by Crippen LogP contribution is -2.48. The molecule has 1 atom stereocenters. The summed E-state index contributed by atoms with van der Waals surface area (Å²) in [6.45, 7) is 4.18. The molecule has 0 bridgehead atoms. The summed E-state index contributed by atoms with van der Waals surface area (Å²) in [7, 11) is 1.56. The molecule has 0 saturated heterocycles. The molecule has 0 aromatic heterocycles. The number of halogens is 1. The zero-order chi connectivity index (χ0) is 27.1. The summed E-state index contributed by atoms with van der Waals surface area (Å²) in [6, 6.07) is 17.3. The van der Waals surface area contributed by atoms with Crippen molar-refractivity contribution in [3.63, 3.8) is 0 Å². The van der Waals surface area contributed by atoms with E-state index in [-0.39, 0.29) is 12.7 Å². The second-order valence-corrected chi connectivity index (χ2v) is 9.74. The van der Waals surface area contributed by atoms with Gasteiger partial charge in [0.15, 0.2) is 23.0 Å². The maximum atomic E-state index is 12.8. The number of ether oxygens (including phenoxy) is 4. The third-order valence-electron chi connectivity index (χ3n) is 5.75. The molecule has 10 heteroatoms. The minimum absolute atomic E-state index is 0.114. The molecule has 1 aliphatic rings. The van der Waals surface area contributed by atoms with Gasteiger partial charge in [0.05, 0.1) is 13.3 Å². The minimum atomic E-state index is -0.797. The van der Waals surface area contributed by atoms with Gasteiger partial charge in [-0.25, -0.2) is 5.43 Å². The number of carbonyl (C=O) groups is 2. The Labute approximate surface area is 229 Å². The van der Waals surface area contributed by atoms with Crippen molar-refractivity contribution in [3.05, 3.63) is 81.8 Å². The summed E-state index contributed by atoms with van der Waals surface area (Å²) in [5, 5.41) is 6.83. The van der Waals surface area contributed by atoms with Crippen molar-refractivity contribution in [1.29, 1.82) is 0 Å². The fraction of sp³-hybridized carbons (Fsp3) is 0.250. The first-order valence-electron chi connectivity index (χ1n) is 11.9. The Hall–Kier alpha value is -4.05. The predicted octanol–water partition coefficient (Wildman–Crippen LogP) is 4.67. The molecule has 1 heterocycles. The van der Waals surface area contributed by atoms with Crippen LogP contribution in [0.15, 0.2) is 70.2 Å². The van der Waals surface area contributed by atoms with Crippen LogP contribution in [-0.2, 0) is 11.4 Å². The van der Waals surface area contributed by atoms with Gasteiger partial charge in [-0.3, -0.25) is 9.59 Å². The molecular weight excluding hydrogens is 554 g/mol. The van der Waals surface area contributed by atoms with Crippen LogP contribution in [-0.4, -0.2) is 38.0 Å². The van der Waals surface area contributed by atoms with Crippen LogP contribution in [0, 0.1) is 5.92 Å². The number of rotatable bonds is 10. The average molecular weight is 582 g/mol.